The van der Waals surface area contributed by atoms with Gasteiger partial charge in [-0.25, -0.2) is 9.59 Å². The third-order valence-corrected chi connectivity index (χ3v) is 5.24. The molecule has 1 heterocycles. The quantitative estimate of drug-likeness (QED) is 0.738. The Morgan fingerprint density at radius 2 is 1.73 bits per heavy atom. The average molecular weight is 405 g/mol. The second-order valence-electron chi connectivity index (χ2n) is 6.97. The number of carboxylic acid groups (broad SMARTS) is 1. The van der Waals surface area contributed by atoms with Crippen LogP contribution in [0, 0.1) is 0 Å². The van der Waals surface area contributed by atoms with Crippen LogP contribution in [-0.2, 0) is 14.3 Å². The lowest BCUT2D eigenvalue weighted by atomic mass is 9.79. The number of hydrogen-bond acceptors (Lipinski definition) is 6. The summed E-state index contributed by atoms with van der Waals surface area (Å²) in [5.74, 6) is -2.37. The largest absolute Gasteiger partial charge is 0.482 e. The number of ketones is 1. The Hall–Kier alpha value is -3.87. The number of Topliss-reactive ketones (excluding diaryl/α,β-unsaturated/α-hetero) is 1. The molecule has 7 nitrogen and oxygen atoms in total. The van der Waals surface area contributed by atoms with Crippen LogP contribution in [0.3, 0.4) is 0 Å². The number of rotatable bonds is 5. The number of methoxy groups -OCH3 is 1. The molecule has 2 N–H and O–H groups in total. The summed E-state index contributed by atoms with van der Waals surface area (Å²) >= 11 is 0. The molecule has 4 rings (SSSR count). The molecule has 0 saturated heterocycles. The van der Waals surface area contributed by atoms with E-state index in [1.54, 1.807) is 43.3 Å². The third kappa shape index (κ3) is 3.04. The Labute approximate surface area is 172 Å². The number of aliphatic carboxylic acids is 1. The molecule has 0 spiro atoms. The Kier molecular flexibility index (Phi) is 4.87. The smallest absolute Gasteiger partial charge is 0.341 e. The summed E-state index contributed by atoms with van der Waals surface area (Å²) in [6, 6.07) is 14.0. The number of para-hydroxylation sites is 1. The molecule has 0 amide bonds. The zero-order valence-electron chi connectivity index (χ0n) is 16.4. The normalized spacial score (nSPS) is 17.3. The highest BCUT2D eigenvalue weighted by atomic mass is 16.5. The third-order valence-electron chi connectivity index (χ3n) is 5.24. The maximum Gasteiger partial charge on any atom is 0.341 e. The highest BCUT2D eigenvalue weighted by Crippen LogP contribution is 2.48. The molecule has 152 valence electrons. The summed E-state index contributed by atoms with van der Waals surface area (Å²) in [6.45, 7) is 1.20. The Morgan fingerprint density at radius 1 is 1.07 bits per heavy atom. The molecule has 30 heavy (non-hydrogen) atoms. The lowest BCUT2D eigenvalue weighted by molar-refractivity contribution is -0.139. The molecular weight excluding hydrogens is 386 g/mol. The van der Waals surface area contributed by atoms with Crippen molar-refractivity contribution in [3.63, 3.8) is 0 Å². The molecule has 1 aliphatic carbocycles. The van der Waals surface area contributed by atoms with E-state index < -0.39 is 24.5 Å². The molecule has 0 saturated carbocycles. The number of carbonyl (C=O) groups is 3. The number of dihydropyridines is 1. The van der Waals surface area contributed by atoms with Gasteiger partial charge in [0.1, 0.15) is 5.75 Å². The van der Waals surface area contributed by atoms with E-state index in [9.17, 15) is 14.4 Å². The summed E-state index contributed by atoms with van der Waals surface area (Å²) in [5, 5.41) is 12.2. The van der Waals surface area contributed by atoms with Crippen LogP contribution >= 0.6 is 0 Å². The van der Waals surface area contributed by atoms with Gasteiger partial charge in [0.15, 0.2) is 12.4 Å². The zero-order valence-corrected chi connectivity index (χ0v) is 16.4. The van der Waals surface area contributed by atoms with E-state index in [1.165, 1.54) is 7.11 Å². The molecule has 1 aliphatic heterocycles. The van der Waals surface area contributed by atoms with Crippen LogP contribution in [-0.4, -0.2) is 36.5 Å². The van der Waals surface area contributed by atoms with E-state index in [-0.39, 0.29) is 17.1 Å². The fourth-order valence-electron chi connectivity index (χ4n) is 4.01. The van der Waals surface area contributed by atoms with Gasteiger partial charge in [-0.2, -0.15) is 0 Å². The van der Waals surface area contributed by atoms with Crippen molar-refractivity contribution in [2.24, 2.45) is 0 Å². The van der Waals surface area contributed by atoms with E-state index in [4.69, 9.17) is 14.6 Å². The fourth-order valence-corrected chi connectivity index (χ4v) is 4.01. The second-order valence-corrected chi connectivity index (χ2v) is 6.97. The molecule has 0 radical (unpaired) electrons. The number of nitrogens with one attached hydrogen (secondary N) is 1. The summed E-state index contributed by atoms with van der Waals surface area (Å²) in [6.07, 6.45) is 0. The van der Waals surface area contributed by atoms with Gasteiger partial charge >= 0.3 is 11.9 Å². The number of allylic oxidation sites excluding steroid dienone is 2. The summed E-state index contributed by atoms with van der Waals surface area (Å²) in [7, 11) is 1.28. The summed E-state index contributed by atoms with van der Waals surface area (Å²) in [4.78, 5) is 37.1. The van der Waals surface area contributed by atoms with Crippen LogP contribution in [0.15, 0.2) is 65.4 Å². The second kappa shape index (κ2) is 7.51. The number of carbonyl (C=O) groups excluding carboxylic acids is 2. The predicted octanol–water partition coefficient (Wildman–Crippen LogP) is 2.89. The van der Waals surface area contributed by atoms with Crippen molar-refractivity contribution in [3.05, 3.63) is 82.1 Å². The zero-order chi connectivity index (χ0) is 21.4. The van der Waals surface area contributed by atoms with Gasteiger partial charge in [0.2, 0.25) is 0 Å². The van der Waals surface area contributed by atoms with E-state index in [1.807, 2.05) is 12.1 Å². The highest BCUT2D eigenvalue weighted by molar-refractivity contribution is 6.23. The monoisotopic (exact) mass is 405 g/mol. The van der Waals surface area contributed by atoms with E-state index >= 15 is 0 Å². The van der Waals surface area contributed by atoms with Crippen LogP contribution in [0.2, 0.25) is 0 Å². The van der Waals surface area contributed by atoms with Gasteiger partial charge in [0.05, 0.1) is 24.3 Å². The van der Waals surface area contributed by atoms with Crippen LogP contribution in [0.1, 0.15) is 34.3 Å². The van der Waals surface area contributed by atoms with Crippen molar-refractivity contribution >= 4 is 23.4 Å². The lowest BCUT2D eigenvalue weighted by Crippen LogP contribution is -2.29. The number of esters is 1. The number of fused-ring (bicyclic) bond motifs is 2. The minimum Gasteiger partial charge on any atom is -0.482 e. The SMILES string of the molecule is COC(=O)C1=C(C)NC2=C(C(=O)c3ccccc32)C1c1ccccc1OCC(=O)O. The Bertz CT molecular complexity index is 1140. The summed E-state index contributed by atoms with van der Waals surface area (Å²) < 4.78 is 10.5. The van der Waals surface area contributed by atoms with Gasteiger partial charge in [-0.15, -0.1) is 0 Å². The molecule has 0 bridgehead atoms. The fraction of sp³-hybridized carbons (Fsp3) is 0.174. The maximum atomic E-state index is 13.3. The number of hydrogen-bond donors (Lipinski definition) is 2. The van der Waals surface area contributed by atoms with E-state index in [0.29, 0.717) is 28.1 Å². The van der Waals surface area contributed by atoms with Crippen LogP contribution < -0.4 is 10.1 Å². The number of carboxylic acids is 1. The minimum absolute atomic E-state index is 0.194. The molecule has 2 aromatic carbocycles. The minimum atomic E-state index is -1.13. The Balaban J connectivity index is 1.93. The van der Waals surface area contributed by atoms with Crippen LogP contribution in [0.4, 0.5) is 0 Å². The first-order valence-electron chi connectivity index (χ1n) is 9.32. The maximum absolute atomic E-state index is 13.3. The van der Waals surface area contributed by atoms with Gasteiger partial charge in [-0.05, 0) is 13.0 Å². The first-order valence-corrected chi connectivity index (χ1v) is 9.32. The van der Waals surface area contributed by atoms with Crippen LogP contribution in [0.25, 0.3) is 5.70 Å². The van der Waals surface area contributed by atoms with Gasteiger partial charge in [0.25, 0.3) is 0 Å². The topological polar surface area (TPSA) is 102 Å². The molecular formula is C23H19NO6. The van der Waals surface area contributed by atoms with E-state index in [0.717, 1.165) is 5.56 Å². The van der Waals surface area contributed by atoms with Crippen molar-refractivity contribution in [2.45, 2.75) is 12.8 Å². The van der Waals surface area contributed by atoms with Crippen molar-refractivity contribution in [1.82, 2.24) is 5.32 Å². The van der Waals surface area contributed by atoms with E-state index in [2.05, 4.69) is 5.32 Å². The summed E-state index contributed by atoms with van der Waals surface area (Å²) in [5.41, 5.74) is 3.71. The van der Waals surface area contributed by atoms with Crippen LogP contribution in [0.5, 0.6) is 5.75 Å². The Morgan fingerprint density at radius 3 is 2.43 bits per heavy atom. The van der Waals surface area contributed by atoms with Gasteiger partial charge in [0, 0.05) is 28.0 Å². The van der Waals surface area contributed by atoms with Gasteiger partial charge < -0.3 is 19.9 Å². The van der Waals surface area contributed by atoms with Crippen molar-refractivity contribution in [2.75, 3.05) is 13.7 Å². The first kappa shape index (κ1) is 19.4. The highest BCUT2D eigenvalue weighted by Gasteiger charge is 2.43. The molecule has 0 fully saturated rings. The first-order chi connectivity index (χ1) is 14.4. The molecule has 2 aromatic rings. The standard InChI is InChI=1S/C23H19NO6/c1-12-18(23(28)29-2)19(15-9-5-6-10-16(15)30-11-17(25)26)20-21(24-12)13-7-3-4-8-14(13)22(20)27/h3-10,19,24H,11H2,1-2H3,(H,25,26). The molecule has 7 heteroatoms. The molecule has 1 unspecified atom stereocenters. The molecule has 1 atom stereocenters. The number of ether oxygens (including phenoxy) is 2. The van der Waals surface area contributed by atoms with Crippen molar-refractivity contribution in [1.29, 1.82) is 0 Å². The van der Waals surface area contributed by atoms with Gasteiger partial charge in [-0.1, -0.05) is 42.5 Å². The molecule has 0 aromatic heterocycles. The molecule has 2 aliphatic rings. The van der Waals surface area contributed by atoms with Gasteiger partial charge in [-0.3, -0.25) is 4.79 Å². The van der Waals surface area contributed by atoms with Crippen molar-refractivity contribution in [3.8, 4) is 5.75 Å². The van der Waals surface area contributed by atoms with Crippen molar-refractivity contribution < 1.29 is 29.0 Å². The number of benzene rings is 2. The predicted molar refractivity (Wildman–Crippen MR) is 108 cm³/mol. The lowest BCUT2D eigenvalue weighted by Gasteiger charge is -2.29. The average Bonchev–Trinajstić information content (AvgIpc) is 3.03.